The zero-order valence-corrected chi connectivity index (χ0v) is 24.9. The number of rotatable bonds is 7. The molecule has 0 saturated carbocycles. The summed E-state index contributed by atoms with van der Waals surface area (Å²) < 4.78 is 18.3. The van der Waals surface area contributed by atoms with Gasteiger partial charge < -0.3 is 19.1 Å². The van der Waals surface area contributed by atoms with Crippen molar-refractivity contribution in [2.75, 3.05) is 32.3 Å². The Kier molecular flexibility index (Phi) is 7.45. The summed E-state index contributed by atoms with van der Waals surface area (Å²) in [6.07, 6.45) is 0. The molecule has 0 N–H and O–H groups in total. The Balaban J connectivity index is 1.73. The Morgan fingerprint density at radius 2 is 1.65 bits per heavy atom. The van der Waals surface area contributed by atoms with E-state index in [0.717, 1.165) is 17.0 Å². The van der Waals surface area contributed by atoms with Gasteiger partial charge in [-0.05, 0) is 37.6 Å². The molecule has 0 unspecified atom stereocenters. The first kappa shape index (κ1) is 28.2. The van der Waals surface area contributed by atoms with Crippen LogP contribution < -0.4 is 29.3 Å². The van der Waals surface area contributed by atoms with Crippen LogP contribution in [0.15, 0.2) is 88.2 Å². The van der Waals surface area contributed by atoms with E-state index in [0.29, 0.717) is 50.8 Å². The van der Waals surface area contributed by atoms with Gasteiger partial charge in [0, 0.05) is 17.7 Å². The molecule has 3 aromatic carbocycles. The molecule has 0 aliphatic carbocycles. The number of aromatic nitrogens is 1. The third-order valence-electron chi connectivity index (χ3n) is 7.54. The van der Waals surface area contributed by atoms with Gasteiger partial charge in [-0.15, -0.1) is 0 Å². The second-order valence-electron chi connectivity index (χ2n) is 9.81. The van der Waals surface area contributed by atoms with Crippen molar-refractivity contribution in [3.63, 3.8) is 0 Å². The number of carbonyl (C=O) groups is 2. The number of amides is 1. The summed E-state index contributed by atoms with van der Waals surface area (Å²) >= 11 is 1.14. The molecule has 1 atom stereocenters. The fraction of sp³-hybridized carbons (Fsp3) is 0.212. The number of fused-ring (bicyclic) bond motifs is 2. The number of hydrogen-bond acceptors (Lipinski definition) is 8. The number of methoxy groups -OCH3 is 2. The van der Waals surface area contributed by atoms with Gasteiger partial charge in [0.15, 0.2) is 16.3 Å². The van der Waals surface area contributed by atoms with Crippen LogP contribution in [-0.2, 0) is 14.3 Å². The van der Waals surface area contributed by atoms with E-state index in [9.17, 15) is 14.4 Å². The highest BCUT2D eigenvalue weighted by Gasteiger charge is 2.38. The first-order chi connectivity index (χ1) is 20.9. The van der Waals surface area contributed by atoms with Crippen molar-refractivity contribution in [3.8, 4) is 11.5 Å². The third kappa shape index (κ3) is 4.54. The molecule has 2 aliphatic heterocycles. The normalized spacial score (nSPS) is 16.9. The molecule has 0 fully saturated rings. The Hall–Kier alpha value is -4.96. The van der Waals surface area contributed by atoms with Gasteiger partial charge in [-0.25, -0.2) is 9.79 Å². The lowest BCUT2D eigenvalue weighted by Crippen LogP contribution is -2.41. The smallest absolute Gasteiger partial charge is 0.338 e. The number of anilines is 1. The molecular formula is C33H29N3O6S. The Bertz CT molecular complexity index is 1980. The average Bonchev–Trinajstić information content (AvgIpc) is 3.51. The van der Waals surface area contributed by atoms with Crippen LogP contribution in [0.4, 0.5) is 5.69 Å². The van der Waals surface area contributed by atoms with Crippen LogP contribution >= 0.6 is 11.3 Å². The molecule has 1 amide bonds. The summed E-state index contributed by atoms with van der Waals surface area (Å²) in [5, 5.41) is 0. The largest absolute Gasteiger partial charge is 0.493 e. The fourth-order valence-electron chi connectivity index (χ4n) is 5.64. The van der Waals surface area contributed by atoms with E-state index in [1.165, 1.54) is 18.8 Å². The molecule has 2 aliphatic rings. The van der Waals surface area contributed by atoms with Crippen LogP contribution in [-0.4, -0.2) is 43.8 Å². The van der Waals surface area contributed by atoms with Crippen molar-refractivity contribution in [2.24, 2.45) is 4.99 Å². The maximum absolute atomic E-state index is 14.5. The van der Waals surface area contributed by atoms with Crippen LogP contribution in [0.3, 0.4) is 0 Å². The predicted octanol–water partition coefficient (Wildman–Crippen LogP) is 3.69. The summed E-state index contributed by atoms with van der Waals surface area (Å²) in [5.74, 6) is 0.0929. The number of benzene rings is 3. The van der Waals surface area contributed by atoms with Gasteiger partial charge in [0.05, 0.1) is 49.4 Å². The summed E-state index contributed by atoms with van der Waals surface area (Å²) in [7, 11) is 3.06. The Labute approximate surface area is 251 Å². The van der Waals surface area contributed by atoms with Crippen molar-refractivity contribution in [2.45, 2.75) is 19.9 Å². The van der Waals surface area contributed by atoms with Crippen LogP contribution in [0.1, 0.15) is 36.6 Å². The van der Waals surface area contributed by atoms with Gasteiger partial charge in [0.25, 0.3) is 11.5 Å². The number of ether oxygens (including phenoxy) is 3. The number of likely N-dealkylation sites (N-methyl/N-ethyl adjacent to an activating group) is 1. The number of nitrogens with zero attached hydrogens (tertiary/aromatic N) is 3. The maximum atomic E-state index is 14.5. The van der Waals surface area contributed by atoms with Gasteiger partial charge in [-0.1, -0.05) is 65.9 Å². The molecular weight excluding hydrogens is 566 g/mol. The monoisotopic (exact) mass is 595 g/mol. The van der Waals surface area contributed by atoms with Crippen molar-refractivity contribution >= 4 is 40.2 Å². The van der Waals surface area contributed by atoms with E-state index in [1.54, 1.807) is 30.0 Å². The van der Waals surface area contributed by atoms with Crippen LogP contribution in [0.5, 0.6) is 11.5 Å². The molecule has 10 heteroatoms. The summed E-state index contributed by atoms with van der Waals surface area (Å²) in [6, 6.07) is 21.1. The van der Waals surface area contributed by atoms with Crippen molar-refractivity contribution < 1.29 is 23.8 Å². The molecule has 3 heterocycles. The van der Waals surface area contributed by atoms with E-state index in [4.69, 9.17) is 19.2 Å². The highest BCUT2D eigenvalue weighted by molar-refractivity contribution is 7.07. The summed E-state index contributed by atoms with van der Waals surface area (Å²) in [5.41, 5.74) is 3.23. The van der Waals surface area contributed by atoms with Crippen molar-refractivity contribution in [3.05, 3.63) is 115 Å². The molecule has 0 bridgehead atoms. The van der Waals surface area contributed by atoms with Gasteiger partial charge in [0.1, 0.15) is 4.53 Å². The molecule has 0 radical (unpaired) electrons. The number of esters is 1. The summed E-state index contributed by atoms with van der Waals surface area (Å²) in [6.45, 7) is 4.21. The van der Waals surface area contributed by atoms with Gasteiger partial charge in [0.2, 0.25) is 0 Å². The zero-order chi connectivity index (χ0) is 30.2. The standard InChI is InChI=1S/C33H29N3O6S/c1-5-35-22-15-11-10-14-21(22)25(30(35)37)29-31(38)36-28(20-16-17-23(40-3)24(18-20)41-4)26(32(39)42-6-2)27(34-33(36)43-29)19-12-8-7-9-13-19/h7-18,28H,5-6H2,1-4H3/b29-25+/t28-/m1/s1. The second-order valence-corrected chi connectivity index (χ2v) is 10.8. The van der Waals surface area contributed by atoms with Gasteiger partial charge in [-0.3, -0.25) is 14.2 Å². The number of carbonyl (C=O) groups excluding carboxylic acids is 2. The van der Waals surface area contributed by atoms with E-state index < -0.39 is 17.6 Å². The highest BCUT2D eigenvalue weighted by Crippen LogP contribution is 2.39. The number of para-hydroxylation sites is 1. The van der Waals surface area contributed by atoms with Crippen LogP contribution in [0, 0.1) is 0 Å². The minimum absolute atomic E-state index is 0.135. The quantitative estimate of drug-likeness (QED) is 0.302. The molecule has 9 nitrogen and oxygen atoms in total. The number of hydrogen-bond donors (Lipinski definition) is 0. The first-order valence-electron chi connectivity index (χ1n) is 13.9. The molecule has 6 rings (SSSR count). The summed E-state index contributed by atoms with van der Waals surface area (Å²) in [4.78, 5) is 48.8. The van der Waals surface area contributed by atoms with Crippen LogP contribution in [0.2, 0.25) is 0 Å². The number of thiazole rings is 1. The molecule has 218 valence electrons. The molecule has 0 spiro atoms. The molecule has 43 heavy (non-hydrogen) atoms. The lowest BCUT2D eigenvalue weighted by atomic mass is 9.93. The van der Waals surface area contributed by atoms with E-state index in [1.807, 2.05) is 61.5 Å². The van der Waals surface area contributed by atoms with E-state index in [2.05, 4.69) is 0 Å². The van der Waals surface area contributed by atoms with E-state index in [-0.39, 0.29) is 22.6 Å². The Morgan fingerprint density at radius 1 is 0.930 bits per heavy atom. The SMILES string of the molecule is CCOC(=O)C1=C(c2ccccc2)N=c2s/c(=C3/C(=O)N(CC)c4ccccc43)c(=O)n2[C@@H]1c1ccc(OC)c(OC)c1. The topological polar surface area (TPSA) is 99.4 Å². The highest BCUT2D eigenvalue weighted by atomic mass is 32.1. The Morgan fingerprint density at radius 3 is 2.35 bits per heavy atom. The first-order valence-corrected chi connectivity index (χ1v) is 14.7. The third-order valence-corrected chi connectivity index (χ3v) is 8.59. The fourth-order valence-corrected chi connectivity index (χ4v) is 6.73. The molecule has 4 aromatic rings. The van der Waals surface area contributed by atoms with Gasteiger partial charge in [-0.2, -0.15) is 0 Å². The van der Waals surface area contributed by atoms with Crippen molar-refractivity contribution in [1.29, 1.82) is 0 Å². The second kappa shape index (κ2) is 11.4. The van der Waals surface area contributed by atoms with Crippen molar-refractivity contribution in [1.82, 2.24) is 4.57 Å². The minimum Gasteiger partial charge on any atom is -0.493 e. The predicted molar refractivity (Wildman–Crippen MR) is 164 cm³/mol. The lowest BCUT2D eigenvalue weighted by Gasteiger charge is -2.26. The zero-order valence-electron chi connectivity index (χ0n) is 24.1. The van der Waals surface area contributed by atoms with E-state index >= 15 is 0 Å². The van der Waals surface area contributed by atoms with Gasteiger partial charge >= 0.3 is 5.97 Å². The molecule has 0 saturated heterocycles. The maximum Gasteiger partial charge on any atom is 0.338 e. The minimum atomic E-state index is -0.923. The lowest BCUT2D eigenvalue weighted by molar-refractivity contribution is -0.138. The molecule has 1 aromatic heterocycles. The van der Waals surface area contributed by atoms with Crippen LogP contribution in [0.25, 0.3) is 11.3 Å². The average molecular weight is 596 g/mol.